The molecule has 0 bridgehead atoms. The third kappa shape index (κ3) is 4.83. The number of carbonyl (C=O) groups excluding carboxylic acids is 2. The fourth-order valence-corrected chi connectivity index (χ4v) is 4.37. The summed E-state index contributed by atoms with van der Waals surface area (Å²) in [6.07, 6.45) is 1.59. The Morgan fingerprint density at radius 1 is 0.938 bits per heavy atom. The van der Waals surface area contributed by atoms with Crippen molar-refractivity contribution in [3.63, 3.8) is 0 Å². The van der Waals surface area contributed by atoms with Gasteiger partial charge in [-0.05, 0) is 47.7 Å². The monoisotopic (exact) mass is 487 g/mol. The Morgan fingerprint density at radius 2 is 1.66 bits per heavy atom. The van der Waals surface area contributed by atoms with Crippen molar-refractivity contribution < 1.29 is 18.7 Å². The van der Waals surface area contributed by atoms with E-state index in [2.05, 4.69) is 0 Å². The van der Waals surface area contributed by atoms with Crippen LogP contribution in [0.1, 0.15) is 16.7 Å². The molecule has 0 saturated carbocycles. The van der Waals surface area contributed by atoms with Crippen LogP contribution in [0.2, 0.25) is 10.0 Å². The van der Waals surface area contributed by atoms with Crippen molar-refractivity contribution in [1.82, 2.24) is 4.90 Å². The predicted octanol–water partition coefficient (Wildman–Crippen LogP) is 6.95. The molecule has 0 N–H and O–H groups in total. The van der Waals surface area contributed by atoms with Crippen LogP contribution in [-0.2, 0) is 17.9 Å². The molecular weight excluding hydrogens is 472 g/mol. The topological polar surface area (TPSA) is 46.6 Å². The van der Waals surface area contributed by atoms with Gasteiger partial charge in [0.15, 0.2) is 0 Å². The summed E-state index contributed by atoms with van der Waals surface area (Å²) in [6.45, 7) is 0.00988. The highest BCUT2D eigenvalue weighted by Crippen LogP contribution is 2.35. The van der Waals surface area contributed by atoms with Gasteiger partial charge in [-0.3, -0.25) is 14.5 Å². The molecule has 1 saturated heterocycles. The Hall–Kier alpha value is -2.80. The summed E-state index contributed by atoms with van der Waals surface area (Å²) in [4.78, 5) is 26.8. The number of amides is 2. The number of benzene rings is 3. The molecule has 8 heteroatoms. The Bertz CT molecular complexity index is 1210. The van der Waals surface area contributed by atoms with Crippen LogP contribution < -0.4 is 4.74 Å². The molecule has 2 amide bonds. The van der Waals surface area contributed by atoms with Crippen LogP contribution in [0, 0.1) is 5.82 Å². The quantitative estimate of drug-likeness (QED) is 0.353. The second-order valence-electron chi connectivity index (χ2n) is 6.89. The van der Waals surface area contributed by atoms with Crippen LogP contribution >= 0.6 is 35.0 Å². The number of halogens is 3. The molecule has 0 unspecified atom stereocenters. The minimum atomic E-state index is -0.462. The molecule has 3 aromatic carbocycles. The van der Waals surface area contributed by atoms with E-state index in [-0.39, 0.29) is 33.9 Å². The highest BCUT2D eigenvalue weighted by atomic mass is 35.5. The van der Waals surface area contributed by atoms with Crippen molar-refractivity contribution in [3.05, 3.63) is 104 Å². The molecule has 0 spiro atoms. The van der Waals surface area contributed by atoms with Crippen LogP contribution in [0.15, 0.2) is 71.6 Å². The average molecular weight is 488 g/mol. The third-order valence-corrected chi connectivity index (χ3v) is 6.43. The van der Waals surface area contributed by atoms with Crippen molar-refractivity contribution in [2.45, 2.75) is 13.2 Å². The largest absolute Gasteiger partial charge is 0.488 e. The summed E-state index contributed by atoms with van der Waals surface area (Å²) in [6, 6.07) is 18.5. The van der Waals surface area contributed by atoms with Gasteiger partial charge in [-0.25, -0.2) is 4.39 Å². The van der Waals surface area contributed by atoms with Crippen molar-refractivity contribution in [1.29, 1.82) is 0 Å². The van der Waals surface area contributed by atoms with Crippen molar-refractivity contribution in [2.24, 2.45) is 0 Å². The second-order valence-corrected chi connectivity index (χ2v) is 8.69. The lowest BCUT2D eigenvalue weighted by Gasteiger charge is -2.13. The maximum absolute atomic E-state index is 14.0. The van der Waals surface area contributed by atoms with E-state index in [4.69, 9.17) is 27.9 Å². The van der Waals surface area contributed by atoms with Crippen molar-refractivity contribution >= 4 is 52.2 Å². The summed E-state index contributed by atoms with van der Waals surface area (Å²) in [5.41, 5.74) is 1.51. The Balaban J connectivity index is 1.55. The number of thioether (sulfide) groups is 1. The fraction of sp³-hybridized carbons (Fsp3) is 0.0833. The molecule has 0 atom stereocenters. The van der Waals surface area contributed by atoms with Gasteiger partial charge in [0.2, 0.25) is 0 Å². The van der Waals surface area contributed by atoms with Gasteiger partial charge in [0, 0.05) is 16.1 Å². The van der Waals surface area contributed by atoms with Crippen LogP contribution in [0.4, 0.5) is 9.18 Å². The van der Waals surface area contributed by atoms with Crippen LogP contribution in [0.3, 0.4) is 0 Å². The maximum atomic E-state index is 14.0. The zero-order valence-electron chi connectivity index (χ0n) is 16.6. The third-order valence-electron chi connectivity index (χ3n) is 4.80. The summed E-state index contributed by atoms with van der Waals surface area (Å²) in [5, 5.41) is 0.377. The predicted molar refractivity (Wildman–Crippen MR) is 125 cm³/mol. The number of carbonyl (C=O) groups is 2. The minimum Gasteiger partial charge on any atom is -0.488 e. The van der Waals surface area contributed by atoms with E-state index in [9.17, 15) is 14.0 Å². The maximum Gasteiger partial charge on any atom is 0.293 e. The van der Waals surface area contributed by atoms with Gasteiger partial charge in [0.1, 0.15) is 18.2 Å². The Morgan fingerprint density at radius 3 is 2.44 bits per heavy atom. The lowest BCUT2D eigenvalue weighted by atomic mass is 10.1. The fourth-order valence-electron chi connectivity index (χ4n) is 3.13. The van der Waals surface area contributed by atoms with Gasteiger partial charge in [-0.2, -0.15) is 0 Å². The Labute approximate surface area is 198 Å². The molecule has 4 rings (SSSR count). The number of rotatable bonds is 6. The highest BCUT2D eigenvalue weighted by molar-refractivity contribution is 8.18. The van der Waals surface area contributed by atoms with Crippen molar-refractivity contribution in [2.75, 3.05) is 0 Å². The normalized spacial score (nSPS) is 15.0. The van der Waals surface area contributed by atoms with Crippen LogP contribution in [-0.4, -0.2) is 16.0 Å². The van der Waals surface area contributed by atoms with Gasteiger partial charge in [-0.1, -0.05) is 65.7 Å². The number of nitrogens with zero attached hydrogens (tertiary/aromatic N) is 1. The first-order valence-corrected chi connectivity index (χ1v) is 11.1. The number of hydrogen-bond donors (Lipinski definition) is 0. The van der Waals surface area contributed by atoms with E-state index in [1.54, 1.807) is 60.7 Å². The smallest absolute Gasteiger partial charge is 0.293 e. The first-order chi connectivity index (χ1) is 15.4. The standard InChI is InChI=1S/C24H16Cl2FNO3S/c25-18-8-3-1-7-16(18)13-28-23(29)22(32-24(28)30)12-15-6-2-4-11-21(15)31-14-17-19(26)9-5-10-20(17)27/h1-12H,13-14H2/b22-12-. The number of hydrogen-bond acceptors (Lipinski definition) is 4. The molecule has 1 aliphatic rings. The molecule has 1 aliphatic heterocycles. The molecule has 1 fully saturated rings. The van der Waals surface area contributed by atoms with Crippen LogP contribution in [0.5, 0.6) is 5.75 Å². The van der Waals surface area contributed by atoms with Crippen LogP contribution in [0.25, 0.3) is 6.08 Å². The Kier molecular flexibility index (Phi) is 6.84. The summed E-state index contributed by atoms with van der Waals surface area (Å²) >= 11 is 13.1. The lowest BCUT2D eigenvalue weighted by molar-refractivity contribution is -0.123. The SMILES string of the molecule is O=C1S/C(=C\c2ccccc2OCc2c(F)cccc2Cl)C(=O)N1Cc1ccccc1Cl. The van der Waals surface area contributed by atoms with Gasteiger partial charge < -0.3 is 4.74 Å². The molecule has 3 aromatic rings. The number of imide groups is 1. The van der Waals surface area contributed by atoms with E-state index in [1.165, 1.54) is 12.1 Å². The summed E-state index contributed by atoms with van der Waals surface area (Å²) in [5.74, 6) is -0.438. The summed E-state index contributed by atoms with van der Waals surface area (Å²) in [7, 11) is 0. The molecule has 4 nitrogen and oxygen atoms in total. The first kappa shape index (κ1) is 22.4. The van der Waals surface area contributed by atoms with Gasteiger partial charge in [0.25, 0.3) is 11.1 Å². The molecule has 0 aromatic heterocycles. The molecule has 1 heterocycles. The molecule has 0 aliphatic carbocycles. The molecule has 0 radical (unpaired) electrons. The van der Waals surface area contributed by atoms with E-state index in [0.29, 0.717) is 21.9 Å². The second kappa shape index (κ2) is 9.77. The van der Waals surface area contributed by atoms with E-state index in [1.807, 2.05) is 0 Å². The zero-order valence-corrected chi connectivity index (χ0v) is 18.9. The lowest BCUT2D eigenvalue weighted by Crippen LogP contribution is -2.27. The van der Waals surface area contributed by atoms with E-state index >= 15 is 0 Å². The molecule has 32 heavy (non-hydrogen) atoms. The summed E-state index contributed by atoms with van der Waals surface area (Å²) < 4.78 is 19.8. The van der Waals surface area contributed by atoms with E-state index < -0.39 is 11.7 Å². The molecule has 162 valence electrons. The van der Waals surface area contributed by atoms with Crippen molar-refractivity contribution in [3.8, 4) is 5.75 Å². The molecular formula is C24H16Cl2FNO3S. The highest BCUT2D eigenvalue weighted by Gasteiger charge is 2.35. The van der Waals surface area contributed by atoms with Gasteiger partial charge in [0.05, 0.1) is 16.5 Å². The number of para-hydroxylation sites is 1. The number of ether oxygens (including phenoxy) is 1. The average Bonchev–Trinajstić information content (AvgIpc) is 3.03. The minimum absolute atomic E-state index is 0.0790. The zero-order chi connectivity index (χ0) is 22.7. The van der Waals surface area contributed by atoms with E-state index in [0.717, 1.165) is 16.7 Å². The van der Waals surface area contributed by atoms with Gasteiger partial charge in [-0.15, -0.1) is 0 Å². The first-order valence-electron chi connectivity index (χ1n) is 9.57. The van der Waals surface area contributed by atoms with Gasteiger partial charge >= 0.3 is 0 Å².